The van der Waals surface area contributed by atoms with Crippen molar-refractivity contribution in [2.24, 2.45) is 0 Å². The largest absolute Gasteiger partial charge is 0.486 e. The van der Waals surface area contributed by atoms with Crippen molar-refractivity contribution in [3.63, 3.8) is 0 Å². The number of aromatic amines is 1. The molecule has 0 saturated carbocycles. The van der Waals surface area contributed by atoms with E-state index in [0.717, 1.165) is 47.4 Å². The van der Waals surface area contributed by atoms with Crippen LogP contribution < -0.4 is 15.0 Å². The first-order valence-corrected chi connectivity index (χ1v) is 12.0. The van der Waals surface area contributed by atoms with Gasteiger partial charge in [0, 0.05) is 17.0 Å². The number of nitrogens with zero attached hydrogens (tertiary/aromatic N) is 1. The Morgan fingerprint density at radius 2 is 1.69 bits per heavy atom. The summed E-state index contributed by atoms with van der Waals surface area (Å²) in [4.78, 5) is 17.9. The van der Waals surface area contributed by atoms with E-state index in [0.29, 0.717) is 13.2 Å². The zero-order chi connectivity index (χ0) is 21.9. The van der Waals surface area contributed by atoms with E-state index in [1.54, 1.807) is 0 Å². The molecule has 3 aromatic rings. The molecule has 168 valence electrons. The van der Waals surface area contributed by atoms with Gasteiger partial charge in [-0.3, -0.25) is 4.79 Å². The Bertz CT molecular complexity index is 1150. The Labute approximate surface area is 189 Å². The zero-order valence-corrected chi connectivity index (χ0v) is 18.9. The molecule has 0 bridgehead atoms. The second kappa shape index (κ2) is 9.37. The minimum Gasteiger partial charge on any atom is -0.486 e. The molecule has 5 rings (SSSR count). The lowest BCUT2D eigenvalue weighted by Crippen LogP contribution is -2.31. The third-order valence-corrected chi connectivity index (χ3v) is 6.88. The van der Waals surface area contributed by atoms with Crippen molar-refractivity contribution in [1.29, 1.82) is 0 Å². The third kappa shape index (κ3) is 4.40. The second-order valence-corrected chi connectivity index (χ2v) is 8.97. The van der Waals surface area contributed by atoms with Gasteiger partial charge in [0.25, 0.3) is 5.56 Å². The van der Waals surface area contributed by atoms with Gasteiger partial charge >= 0.3 is 0 Å². The lowest BCUT2D eigenvalue weighted by atomic mass is 9.87. The van der Waals surface area contributed by atoms with E-state index in [4.69, 9.17) is 9.47 Å². The molecular formula is C27H32N2O3. The number of ether oxygens (including phenoxy) is 2. The molecular weight excluding hydrogens is 400 g/mol. The number of rotatable bonds is 6. The number of H-pyrrole nitrogens is 1. The molecule has 1 N–H and O–H groups in total. The van der Waals surface area contributed by atoms with Gasteiger partial charge in [-0.2, -0.15) is 0 Å². The van der Waals surface area contributed by atoms with Crippen LogP contribution in [0.5, 0.6) is 11.5 Å². The highest BCUT2D eigenvalue weighted by Crippen LogP contribution is 2.37. The molecule has 5 nitrogen and oxygen atoms in total. The molecule has 2 aliphatic heterocycles. The molecule has 2 aliphatic rings. The maximum atomic E-state index is 12.2. The fourth-order valence-electron chi connectivity index (χ4n) is 5.05. The second-order valence-electron chi connectivity index (χ2n) is 8.97. The topological polar surface area (TPSA) is 54.6 Å². The van der Waals surface area contributed by atoms with Crippen molar-refractivity contribution in [1.82, 2.24) is 9.88 Å². The van der Waals surface area contributed by atoms with Gasteiger partial charge in [-0.25, -0.2) is 0 Å². The number of hydrogen-bond acceptors (Lipinski definition) is 4. The average Bonchev–Trinajstić information content (AvgIpc) is 2.84. The number of piperidine rings is 1. The standard InChI is InChI=1S/C27H32N2O3/c1-2-19-16-22-17-20(6-8-24(22)28-27(19)30)23(10-13-29-11-4-3-5-12-29)21-7-9-25-26(18-21)32-15-14-31-25/h6-9,16-18,23H,2-5,10-15H2,1H3,(H,28,30)/t23-/m0/s1. The smallest absolute Gasteiger partial charge is 0.251 e. The molecule has 32 heavy (non-hydrogen) atoms. The number of nitrogens with one attached hydrogen (secondary N) is 1. The van der Waals surface area contributed by atoms with Gasteiger partial charge < -0.3 is 19.4 Å². The summed E-state index contributed by atoms with van der Waals surface area (Å²) in [6.07, 6.45) is 5.74. The van der Waals surface area contributed by atoms with Crippen molar-refractivity contribution >= 4 is 10.9 Å². The lowest BCUT2D eigenvalue weighted by molar-refractivity contribution is 0.171. The summed E-state index contributed by atoms with van der Waals surface area (Å²) >= 11 is 0. The van der Waals surface area contributed by atoms with E-state index in [9.17, 15) is 4.79 Å². The summed E-state index contributed by atoms with van der Waals surface area (Å²) < 4.78 is 11.6. The Morgan fingerprint density at radius 3 is 2.50 bits per heavy atom. The summed E-state index contributed by atoms with van der Waals surface area (Å²) in [5, 5.41) is 1.10. The first kappa shape index (κ1) is 21.1. The number of likely N-dealkylation sites (tertiary alicyclic amines) is 1. The Balaban J connectivity index is 1.51. The number of pyridine rings is 1. The number of fused-ring (bicyclic) bond motifs is 2. The van der Waals surface area contributed by atoms with Gasteiger partial charge in [0.05, 0.1) is 0 Å². The fourth-order valence-corrected chi connectivity index (χ4v) is 5.05. The molecule has 5 heteroatoms. The molecule has 2 aromatic carbocycles. The number of hydrogen-bond donors (Lipinski definition) is 1. The van der Waals surface area contributed by atoms with E-state index < -0.39 is 0 Å². The predicted molar refractivity (Wildman–Crippen MR) is 128 cm³/mol. The van der Waals surface area contributed by atoms with E-state index in [1.807, 2.05) is 19.1 Å². The Hall–Kier alpha value is -2.79. The molecule has 0 radical (unpaired) electrons. The molecule has 3 heterocycles. The highest BCUT2D eigenvalue weighted by Gasteiger charge is 2.21. The van der Waals surface area contributed by atoms with Crippen LogP contribution in [0, 0.1) is 0 Å². The lowest BCUT2D eigenvalue weighted by Gasteiger charge is -2.29. The van der Waals surface area contributed by atoms with Crippen LogP contribution in [0.2, 0.25) is 0 Å². The maximum Gasteiger partial charge on any atom is 0.251 e. The van der Waals surface area contributed by atoms with Gasteiger partial charge in [-0.1, -0.05) is 25.5 Å². The monoisotopic (exact) mass is 432 g/mol. The van der Waals surface area contributed by atoms with Crippen molar-refractivity contribution in [3.05, 3.63) is 69.5 Å². The summed E-state index contributed by atoms with van der Waals surface area (Å²) in [5.41, 5.74) is 4.28. The van der Waals surface area contributed by atoms with Crippen molar-refractivity contribution in [2.45, 2.75) is 44.9 Å². The van der Waals surface area contributed by atoms with Gasteiger partial charge in [0.15, 0.2) is 11.5 Å². The summed E-state index contributed by atoms with van der Waals surface area (Å²) in [7, 11) is 0. The van der Waals surface area contributed by atoms with Gasteiger partial charge in [0.2, 0.25) is 0 Å². The SMILES string of the molecule is CCc1cc2cc([C@H](CCN3CCCCC3)c3ccc4c(c3)OCCO4)ccc2[nH]c1=O. The number of aromatic nitrogens is 1. The molecule has 0 amide bonds. The van der Waals surface area contributed by atoms with Crippen LogP contribution in [0.25, 0.3) is 10.9 Å². The quantitative estimate of drug-likeness (QED) is 0.604. The first-order chi connectivity index (χ1) is 15.7. The van der Waals surface area contributed by atoms with Crippen molar-refractivity contribution in [3.8, 4) is 11.5 Å². The normalized spacial score (nSPS) is 17.4. The zero-order valence-electron chi connectivity index (χ0n) is 18.9. The Kier molecular flexibility index (Phi) is 6.17. The summed E-state index contributed by atoms with van der Waals surface area (Å²) in [5.74, 6) is 1.93. The van der Waals surface area contributed by atoms with E-state index in [2.05, 4.69) is 40.2 Å². The van der Waals surface area contributed by atoms with E-state index in [-0.39, 0.29) is 11.5 Å². The van der Waals surface area contributed by atoms with Crippen LogP contribution in [0.3, 0.4) is 0 Å². The molecule has 1 saturated heterocycles. The van der Waals surface area contributed by atoms with E-state index >= 15 is 0 Å². The molecule has 1 aromatic heterocycles. The third-order valence-electron chi connectivity index (χ3n) is 6.88. The molecule has 1 fully saturated rings. The van der Waals surface area contributed by atoms with Crippen LogP contribution in [-0.2, 0) is 6.42 Å². The van der Waals surface area contributed by atoms with Crippen molar-refractivity contribution in [2.75, 3.05) is 32.8 Å². The highest BCUT2D eigenvalue weighted by molar-refractivity contribution is 5.80. The van der Waals surface area contributed by atoms with Crippen LogP contribution in [0.15, 0.2) is 47.3 Å². The summed E-state index contributed by atoms with van der Waals surface area (Å²) in [6, 6.07) is 14.9. The maximum absolute atomic E-state index is 12.2. The molecule has 0 unspecified atom stereocenters. The van der Waals surface area contributed by atoms with Gasteiger partial charge in [-0.05, 0) is 92.2 Å². The van der Waals surface area contributed by atoms with Crippen molar-refractivity contribution < 1.29 is 9.47 Å². The number of benzene rings is 2. The van der Waals surface area contributed by atoms with Crippen LogP contribution in [0.1, 0.15) is 55.2 Å². The molecule has 0 aliphatic carbocycles. The number of aryl methyl sites for hydroxylation is 1. The minimum absolute atomic E-state index is 0.0150. The first-order valence-electron chi connectivity index (χ1n) is 12.0. The fraction of sp³-hybridized carbons (Fsp3) is 0.444. The van der Waals surface area contributed by atoms with Crippen LogP contribution in [-0.4, -0.2) is 42.7 Å². The van der Waals surface area contributed by atoms with Gasteiger partial charge in [0.1, 0.15) is 13.2 Å². The summed E-state index contributed by atoms with van der Waals surface area (Å²) in [6.45, 7) is 6.71. The highest BCUT2D eigenvalue weighted by atomic mass is 16.6. The minimum atomic E-state index is 0.0150. The predicted octanol–water partition coefficient (Wildman–Crippen LogP) is 4.87. The van der Waals surface area contributed by atoms with E-state index in [1.165, 1.54) is 43.5 Å². The Morgan fingerprint density at radius 1 is 0.938 bits per heavy atom. The molecule has 0 spiro atoms. The molecule has 1 atom stereocenters. The average molecular weight is 433 g/mol. The van der Waals surface area contributed by atoms with Gasteiger partial charge in [-0.15, -0.1) is 0 Å². The van der Waals surface area contributed by atoms with Crippen LogP contribution >= 0.6 is 0 Å². The van der Waals surface area contributed by atoms with Crippen LogP contribution in [0.4, 0.5) is 0 Å².